The van der Waals surface area contributed by atoms with E-state index in [2.05, 4.69) is 13.8 Å². The molecule has 8 atom stereocenters. The maximum absolute atomic E-state index is 2.82. The van der Waals surface area contributed by atoms with Crippen molar-refractivity contribution in [2.24, 2.45) is 0 Å². The van der Waals surface area contributed by atoms with Gasteiger partial charge < -0.3 is 0 Å². The first-order valence-electron chi connectivity index (χ1n) is 9.26. The van der Waals surface area contributed by atoms with Gasteiger partial charge in [0.1, 0.15) is 0 Å². The van der Waals surface area contributed by atoms with Crippen LogP contribution >= 0.6 is 0 Å². The Hall–Kier alpha value is 0.519. The van der Waals surface area contributed by atoms with Gasteiger partial charge in [0.05, 0.1) is 0 Å². The van der Waals surface area contributed by atoms with Crippen molar-refractivity contribution in [1.29, 1.82) is 0 Å². The van der Waals surface area contributed by atoms with Gasteiger partial charge in [-0.05, 0) is 0 Å². The van der Waals surface area contributed by atoms with Gasteiger partial charge >= 0.3 is 106 Å². The van der Waals surface area contributed by atoms with Crippen LogP contribution in [0.5, 0.6) is 0 Å². The van der Waals surface area contributed by atoms with E-state index < -0.39 is 6.51 Å². The first-order valence-corrected chi connectivity index (χ1v) is 15.5. The molecule has 0 aliphatic carbocycles. The zero-order valence-corrected chi connectivity index (χ0v) is 13.3. The van der Waals surface area contributed by atoms with E-state index in [1.165, 1.54) is 60.0 Å². The van der Waals surface area contributed by atoms with E-state index in [1.54, 1.807) is 25.7 Å². The van der Waals surface area contributed by atoms with Gasteiger partial charge in [-0.15, -0.1) is 0 Å². The third-order valence-electron chi connectivity index (χ3n) is 17.4. The van der Waals surface area contributed by atoms with Crippen LogP contribution in [0.15, 0.2) is 0 Å². The predicted molar refractivity (Wildman–Crippen MR) is 74.4 cm³/mol. The summed E-state index contributed by atoms with van der Waals surface area (Å²) in [5.41, 5.74) is 0. The molecule has 19 heavy (non-hydrogen) atoms. The van der Waals surface area contributed by atoms with Crippen LogP contribution in [0.2, 0.25) is 47.2 Å². The molecule has 8 unspecified atom stereocenters. The Labute approximate surface area is 106 Å². The number of unbranched alkanes of at least 4 members (excludes halogenated alkanes) is 3. The van der Waals surface area contributed by atoms with Crippen molar-refractivity contribution < 1.29 is 6.51 Å². The molecule has 0 aromatic carbocycles. The van der Waals surface area contributed by atoms with E-state index in [-0.39, 0.29) is 0 Å². The summed E-state index contributed by atoms with van der Waals surface area (Å²) in [6.45, 7) is 2.18. The molecule has 0 aromatic rings. The Bertz CT molecular complexity index is 995. The van der Waals surface area contributed by atoms with Crippen molar-refractivity contribution in [3.05, 3.63) is 0 Å². The predicted octanol–water partition coefficient (Wildman–Crippen LogP) is 6.50. The van der Waals surface area contributed by atoms with Gasteiger partial charge in [0, 0.05) is 0 Å². The number of rotatable bonds is 6. The molecule has 10 aliphatic rings. The molecule has 0 saturated carbocycles. The minimum absolute atomic E-state index is 1.19. The van der Waals surface area contributed by atoms with Crippen molar-refractivity contribution in [3.8, 4) is 0 Å². The van der Waals surface area contributed by atoms with Crippen molar-refractivity contribution in [2.45, 2.75) is 99.5 Å². The third kappa shape index (κ3) is 0.0903. The molecule has 0 aromatic heterocycles. The van der Waals surface area contributed by atoms with Gasteiger partial charge in [0.2, 0.25) is 0 Å². The average Bonchev–Trinajstić information content (AvgIpc) is 3.36. The molecular formula is C18H26Fe. The summed E-state index contributed by atoms with van der Waals surface area (Å²) < 4.78 is 2.40. The molecule has 0 amide bonds. The minimum atomic E-state index is -2.82. The SMILES string of the molecule is CCCCCC[C]12[CH]3[CH]4[CH]5[CH]1[Fe]45321678[CH]2[CH]1[CH]6[C]7(CC)[CH]28. The molecule has 0 nitrogen and oxygen atoms in total. The van der Waals surface area contributed by atoms with Crippen LogP contribution in [0.4, 0.5) is 0 Å². The number of fused-ring (bicyclic) bond motifs is 10. The third-order valence-corrected chi connectivity index (χ3v) is 61.6. The van der Waals surface area contributed by atoms with E-state index in [4.69, 9.17) is 0 Å². The fourth-order valence-corrected chi connectivity index (χ4v) is 99.0. The standard InChI is InChI=1S/C11H17.C7H9.Fe/c1-2-3-4-5-8-11-9-6-7-10-11;1-2-7-5-3-4-6-7;/h6-7,9-10H,2-5,8H2,1H3;3-6H,2H2,1H3;. The summed E-state index contributed by atoms with van der Waals surface area (Å²) in [5, 5.41) is 0. The van der Waals surface area contributed by atoms with Crippen molar-refractivity contribution >= 4 is 0 Å². The van der Waals surface area contributed by atoms with Crippen LogP contribution in [0.25, 0.3) is 0 Å². The van der Waals surface area contributed by atoms with Gasteiger partial charge in [-0.2, -0.15) is 0 Å². The molecule has 0 N–H and O–H groups in total. The molecule has 10 saturated heterocycles. The van der Waals surface area contributed by atoms with E-state index >= 15 is 0 Å². The molecule has 1 spiro atoms. The van der Waals surface area contributed by atoms with Crippen LogP contribution in [-0.2, 0) is 6.51 Å². The van der Waals surface area contributed by atoms with Gasteiger partial charge in [-0.25, -0.2) is 0 Å². The Morgan fingerprint density at radius 1 is 0.737 bits per heavy atom. The number of hydrogen-bond donors (Lipinski definition) is 0. The molecule has 10 aliphatic heterocycles. The second-order valence-corrected chi connectivity index (χ2v) is 35.7. The van der Waals surface area contributed by atoms with Gasteiger partial charge in [-0.1, -0.05) is 0 Å². The first-order chi connectivity index (χ1) is 9.05. The van der Waals surface area contributed by atoms with Crippen LogP contribution in [0.1, 0.15) is 52.4 Å². The van der Waals surface area contributed by atoms with Crippen LogP contribution < -0.4 is 0 Å². The second kappa shape index (κ2) is 0.742. The number of hydrogen-bond acceptors (Lipinski definition) is 0. The quantitative estimate of drug-likeness (QED) is 0.388. The topological polar surface area (TPSA) is 0 Å². The summed E-state index contributed by atoms with van der Waals surface area (Å²) >= 11 is 0. The maximum atomic E-state index is 2.63. The molecule has 0 bridgehead atoms. The Kier molecular flexibility index (Phi) is 0.321. The summed E-state index contributed by atoms with van der Waals surface area (Å²) in [5.74, 6) is 0. The molecule has 106 valence electrons. The summed E-state index contributed by atoms with van der Waals surface area (Å²) in [4.78, 5) is 12.3. The normalized spacial score (nSPS) is 112. The van der Waals surface area contributed by atoms with Crippen LogP contribution in [-0.4, -0.2) is 0 Å². The summed E-state index contributed by atoms with van der Waals surface area (Å²) in [6, 6.07) is 0. The molecule has 10 rings (SSSR count). The van der Waals surface area contributed by atoms with Crippen molar-refractivity contribution in [1.82, 2.24) is 0 Å². The van der Waals surface area contributed by atoms with Gasteiger partial charge in [0.25, 0.3) is 0 Å². The van der Waals surface area contributed by atoms with Crippen LogP contribution in [0.3, 0.4) is 0 Å². The molecule has 1 heteroatoms. The fraction of sp³-hybridized carbons (Fsp3) is 1.00. The molecule has 10 fully saturated rings. The van der Waals surface area contributed by atoms with Gasteiger partial charge in [-0.3, -0.25) is 0 Å². The summed E-state index contributed by atoms with van der Waals surface area (Å²) in [6.07, 6.45) is 9.62. The molecular weight excluding hydrogens is 272 g/mol. The van der Waals surface area contributed by atoms with E-state index in [9.17, 15) is 0 Å². The Morgan fingerprint density at radius 2 is 1.32 bits per heavy atom. The van der Waals surface area contributed by atoms with E-state index in [0.717, 1.165) is 0 Å². The van der Waals surface area contributed by atoms with E-state index in [1.807, 2.05) is 0 Å². The first kappa shape index (κ1) is 8.23. The van der Waals surface area contributed by atoms with Crippen molar-refractivity contribution in [3.63, 3.8) is 0 Å². The Balaban J connectivity index is 1.31. The Morgan fingerprint density at radius 3 is 1.74 bits per heavy atom. The van der Waals surface area contributed by atoms with Gasteiger partial charge in [0.15, 0.2) is 0 Å². The average molecular weight is 298 g/mol. The zero-order chi connectivity index (χ0) is 12.2. The van der Waals surface area contributed by atoms with Crippen LogP contribution in [0, 0.1) is 0 Å². The molecule has 10 heterocycles. The van der Waals surface area contributed by atoms with E-state index in [0.29, 0.717) is 0 Å². The van der Waals surface area contributed by atoms with Crippen molar-refractivity contribution in [2.75, 3.05) is 0 Å². The monoisotopic (exact) mass is 298 g/mol. The summed E-state index contributed by atoms with van der Waals surface area (Å²) in [7, 11) is 0. The zero-order valence-electron chi connectivity index (χ0n) is 12.2. The molecule has 0 radical (unpaired) electrons. The fourth-order valence-electron chi connectivity index (χ4n) is 20.0. The second-order valence-electron chi connectivity index (χ2n) is 12.3.